The molecule has 0 amide bonds. The third-order valence-electron chi connectivity index (χ3n) is 3.30. The summed E-state index contributed by atoms with van der Waals surface area (Å²) in [6, 6.07) is 11.9. The summed E-state index contributed by atoms with van der Waals surface area (Å²) in [5.41, 5.74) is 3.03. The predicted octanol–water partition coefficient (Wildman–Crippen LogP) is 3.36. The van der Waals surface area contributed by atoms with E-state index >= 15 is 0 Å². The van der Waals surface area contributed by atoms with Crippen molar-refractivity contribution in [1.29, 1.82) is 0 Å². The van der Waals surface area contributed by atoms with E-state index in [0.29, 0.717) is 0 Å². The molecule has 118 valence electrons. The highest BCUT2D eigenvalue weighted by atomic mass is 32.1. The molecule has 1 N–H and O–H groups in total. The number of H-pyrrole nitrogens is 1. The van der Waals surface area contributed by atoms with Crippen LogP contribution in [0.25, 0.3) is 11.3 Å². The molecular formula is C17H18N4OS. The zero-order valence-corrected chi connectivity index (χ0v) is 13.9. The maximum absolute atomic E-state index is 5.22. The lowest BCUT2D eigenvalue weighted by Crippen LogP contribution is -2.12. The second kappa shape index (κ2) is 7.11. The molecule has 0 spiro atoms. The van der Waals surface area contributed by atoms with Crippen LogP contribution in [0.15, 0.2) is 58.1 Å². The Bertz CT molecular complexity index is 842. The van der Waals surface area contributed by atoms with E-state index in [9.17, 15) is 0 Å². The van der Waals surface area contributed by atoms with Crippen molar-refractivity contribution in [1.82, 2.24) is 9.66 Å². The van der Waals surface area contributed by atoms with Gasteiger partial charge in [0.2, 0.25) is 4.80 Å². The molecule has 2 aromatic heterocycles. The number of rotatable bonds is 5. The van der Waals surface area contributed by atoms with Crippen molar-refractivity contribution in [3.8, 4) is 17.0 Å². The first-order valence-corrected chi connectivity index (χ1v) is 8.23. The molecule has 0 atom stereocenters. The number of ether oxygens (including phenoxy) is 1. The maximum atomic E-state index is 5.22. The molecule has 0 aliphatic rings. The van der Waals surface area contributed by atoms with Gasteiger partial charge in [0, 0.05) is 23.7 Å². The fourth-order valence-corrected chi connectivity index (χ4v) is 3.06. The minimum Gasteiger partial charge on any atom is -0.497 e. The number of aromatic nitrogens is 2. The van der Waals surface area contributed by atoms with E-state index in [0.717, 1.165) is 34.0 Å². The minimum absolute atomic E-state index is 0.723. The Labute approximate surface area is 138 Å². The Morgan fingerprint density at radius 1 is 1.26 bits per heavy atom. The first-order chi connectivity index (χ1) is 11.3. The highest BCUT2D eigenvalue weighted by Gasteiger charge is 2.07. The molecule has 0 aliphatic heterocycles. The molecule has 0 bridgehead atoms. The normalized spacial score (nSPS) is 12.2. The number of nitrogens with zero attached hydrogens (tertiary/aromatic N) is 3. The third kappa shape index (κ3) is 3.43. The summed E-state index contributed by atoms with van der Waals surface area (Å²) in [5, 5.41) is 6.66. The number of hydrogen-bond donors (Lipinski definition) is 1. The van der Waals surface area contributed by atoms with Gasteiger partial charge in [-0.1, -0.05) is 0 Å². The van der Waals surface area contributed by atoms with Crippen LogP contribution in [0.1, 0.15) is 12.6 Å². The number of benzene rings is 1. The molecule has 2 heterocycles. The molecule has 3 rings (SSSR count). The Balaban J connectivity index is 2.04. The Kier molecular flexibility index (Phi) is 4.73. The molecule has 0 unspecified atom stereocenters. The molecule has 0 saturated carbocycles. The van der Waals surface area contributed by atoms with Gasteiger partial charge in [0.15, 0.2) is 0 Å². The van der Waals surface area contributed by atoms with Crippen molar-refractivity contribution in [3.63, 3.8) is 0 Å². The quantitative estimate of drug-likeness (QED) is 0.718. The van der Waals surface area contributed by atoms with E-state index in [1.807, 2.05) is 54.2 Å². The molecule has 0 radical (unpaired) electrons. The molecule has 5 nitrogen and oxygen atoms in total. The van der Waals surface area contributed by atoms with Crippen LogP contribution >= 0.6 is 11.3 Å². The van der Waals surface area contributed by atoms with Crippen LogP contribution in [0.2, 0.25) is 0 Å². The van der Waals surface area contributed by atoms with Gasteiger partial charge in [-0.2, -0.15) is 5.10 Å². The van der Waals surface area contributed by atoms with Crippen LogP contribution in [-0.4, -0.2) is 29.5 Å². The van der Waals surface area contributed by atoms with E-state index < -0.39 is 0 Å². The van der Waals surface area contributed by atoms with Gasteiger partial charge < -0.3 is 9.72 Å². The van der Waals surface area contributed by atoms with E-state index in [4.69, 9.17) is 4.74 Å². The highest BCUT2D eigenvalue weighted by Crippen LogP contribution is 2.23. The Morgan fingerprint density at radius 3 is 2.74 bits per heavy atom. The average molecular weight is 326 g/mol. The number of aromatic amines is 1. The van der Waals surface area contributed by atoms with Crippen LogP contribution in [0, 0.1) is 0 Å². The summed E-state index contributed by atoms with van der Waals surface area (Å²) in [6.07, 6.45) is 3.68. The van der Waals surface area contributed by atoms with Crippen molar-refractivity contribution in [2.75, 3.05) is 13.7 Å². The van der Waals surface area contributed by atoms with E-state index in [2.05, 4.69) is 20.5 Å². The molecule has 0 fully saturated rings. The summed E-state index contributed by atoms with van der Waals surface area (Å²) in [5.74, 6) is 0.837. The number of thiazole rings is 1. The van der Waals surface area contributed by atoms with Crippen molar-refractivity contribution in [2.24, 2.45) is 10.1 Å². The molecule has 3 aromatic rings. The second-order valence-corrected chi connectivity index (χ2v) is 5.62. The molecular weight excluding hydrogens is 308 g/mol. The zero-order valence-electron chi connectivity index (χ0n) is 13.1. The molecule has 0 saturated heterocycles. The van der Waals surface area contributed by atoms with Crippen molar-refractivity contribution in [3.05, 3.63) is 58.5 Å². The van der Waals surface area contributed by atoms with Crippen LogP contribution in [0.5, 0.6) is 5.75 Å². The second-order valence-electron chi connectivity index (χ2n) is 4.79. The minimum atomic E-state index is 0.723. The largest absolute Gasteiger partial charge is 0.497 e. The van der Waals surface area contributed by atoms with E-state index in [1.165, 1.54) is 0 Å². The lowest BCUT2D eigenvalue weighted by molar-refractivity contribution is 0.415. The highest BCUT2D eigenvalue weighted by molar-refractivity contribution is 7.07. The Morgan fingerprint density at radius 2 is 2.09 bits per heavy atom. The van der Waals surface area contributed by atoms with Gasteiger partial charge in [-0.25, -0.2) is 4.68 Å². The topological polar surface area (TPSA) is 54.7 Å². The maximum Gasteiger partial charge on any atom is 0.206 e. The smallest absolute Gasteiger partial charge is 0.206 e. The summed E-state index contributed by atoms with van der Waals surface area (Å²) in [7, 11) is 1.67. The summed E-state index contributed by atoms with van der Waals surface area (Å²) in [4.78, 5) is 8.51. The third-order valence-corrected chi connectivity index (χ3v) is 4.15. The number of methoxy groups -OCH3 is 1. The molecule has 6 heteroatoms. The van der Waals surface area contributed by atoms with Gasteiger partial charge in [-0.3, -0.25) is 4.99 Å². The van der Waals surface area contributed by atoms with Gasteiger partial charge in [-0.15, -0.1) is 11.3 Å². The van der Waals surface area contributed by atoms with Gasteiger partial charge in [0.05, 0.1) is 24.7 Å². The van der Waals surface area contributed by atoms with Crippen molar-refractivity contribution in [2.45, 2.75) is 6.92 Å². The lowest BCUT2D eigenvalue weighted by atomic mass is 10.2. The number of nitrogens with one attached hydrogen (secondary N) is 1. The average Bonchev–Trinajstić information content (AvgIpc) is 3.23. The van der Waals surface area contributed by atoms with E-state index in [1.54, 1.807) is 24.7 Å². The first-order valence-electron chi connectivity index (χ1n) is 7.35. The van der Waals surface area contributed by atoms with Gasteiger partial charge >= 0.3 is 0 Å². The summed E-state index contributed by atoms with van der Waals surface area (Å²) < 4.78 is 7.09. The Hall–Kier alpha value is -2.60. The number of hydrogen-bond acceptors (Lipinski definition) is 4. The van der Waals surface area contributed by atoms with Crippen LogP contribution in [-0.2, 0) is 0 Å². The first kappa shape index (κ1) is 15.3. The summed E-state index contributed by atoms with van der Waals surface area (Å²) >= 11 is 1.58. The fourth-order valence-electron chi connectivity index (χ4n) is 2.16. The van der Waals surface area contributed by atoms with Crippen LogP contribution in [0.4, 0.5) is 0 Å². The fraction of sp³-hybridized carbons (Fsp3) is 0.176. The zero-order chi connectivity index (χ0) is 16.1. The lowest BCUT2D eigenvalue weighted by Gasteiger charge is -2.05. The van der Waals surface area contributed by atoms with Crippen molar-refractivity contribution < 1.29 is 4.74 Å². The monoisotopic (exact) mass is 326 g/mol. The SMILES string of the molecule is CCN=c1scc(-c2ccc(OC)cc2)n1N=Cc1ccc[nH]1. The van der Waals surface area contributed by atoms with E-state index in [-0.39, 0.29) is 0 Å². The summed E-state index contributed by atoms with van der Waals surface area (Å²) in [6.45, 7) is 2.74. The standard InChI is InChI=1S/C17H18N4OS/c1-3-18-17-21(20-11-14-5-4-10-19-14)16(12-23-17)13-6-8-15(22-2)9-7-13/h4-12,19H,3H2,1-2H3. The van der Waals surface area contributed by atoms with Gasteiger partial charge in [-0.05, 0) is 43.3 Å². The van der Waals surface area contributed by atoms with Crippen LogP contribution < -0.4 is 9.54 Å². The molecule has 23 heavy (non-hydrogen) atoms. The molecule has 0 aliphatic carbocycles. The molecule has 1 aromatic carbocycles. The van der Waals surface area contributed by atoms with Gasteiger partial charge in [0.25, 0.3) is 0 Å². The van der Waals surface area contributed by atoms with Crippen LogP contribution in [0.3, 0.4) is 0 Å². The van der Waals surface area contributed by atoms with Gasteiger partial charge in [0.1, 0.15) is 5.75 Å². The van der Waals surface area contributed by atoms with Crippen molar-refractivity contribution >= 4 is 17.6 Å². The predicted molar refractivity (Wildman–Crippen MR) is 94.2 cm³/mol.